The molecule has 0 unspecified atom stereocenters. The van der Waals surface area contributed by atoms with E-state index in [1.165, 1.54) is 12.7 Å². The van der Waals surface area contributed by atoms with Crippen LogP contribution < -0.4 is 10.2 Å². The highest BCUT2D eigenvalue weighted by atomic mass is 16.1. The summed E-state index contributed by atoms with van der Waals surface area (Å²) in [5.41, 5.74) is 3.58. The number of hydrogen-bond acceptors (Lipinski definition) is 4. The third kappa shape index (κ3) is 5.17. The van der Waals surface area contributed by atoms with Gasteiger partial charge in [-0.2, -0.15) is 5.10 Å². The highest BCUT2D eigenvalue weighted by Crippen LogP contribution is 2.17. The van der Waals surface area contributed by atoms with Gasteiger partial charge in [-0.05, 0) is 48.4 Å². The Bertz CT molecular complexity index is 859. The molecule has 6 heteroatoms. The molecule has 1 heterocycles. The molecule has 140 valence electrons. The number of nitrogens with zero attached hydrogens (tertiary/aromatic N) is 4. The predicted octanol–water partition coefficient (Wildman–Crippen LogP) is 3.82. The van der Waals surface area contributed by atoms with E-state index in [1.54, 1.807) is 11.0 Å². The summed E-state index contributed by atoms with van der Waals surface area (Å²) in [5, 5.41) is 7.07. The van der Waals surface area contributed by atoms with Crippen LogP contribution >= 0.6 is 0 Å². The monoisotopic (exact) mass is 363 g/mol. The fraction of sp³-hybridized carbons (Fsp3) is 0.286. The van der Waals surface area contributed by atoms with Crippen LogP contribution in [-0.2, 0) is 6.54 Å². The smallest absolute Gasteiger partial charge is 0.255 e. The molecule has 1 amide bonds. The fourth-order valence-electron chi connectivity index (χ4n) is 2.84. The van der Waals surface area contributed by atoms with Gasteiger partial charge in [0.1, 0.15) is 12.7 Å². The van der Waals surface area contributed by atoms with Crippen molar-refractivity contribution in [1.29, 1.82) is 0 Å². The molecule has 3 rings (SSSR count). The van der Waals surface area contributed by atoms with Crippen molar-refractivity contribution in [2.75, 3.05) is 23.8 Å². The lowest BCUT2D eigenvalue weighted by atomic mass is 10.1. The zero-order chi connectivity index (χ0) is 19.1. The molecule has 3 aromatic rings. The molecule has 1 N–H and O–H groups in total. The second kappa shape index (κ2) is 8.98. The molecule has 0 saturated heterocycles. The van der Waals surface area contributed by atoms with Gasteiger partial charge >= 0.3 is 0 Å². The lowest BCUT2D eigenvalue weighted by Gasteiger charge is -2.19. The molecule has 6 nitrogen and oxygen atoms in total. The maximum atomic E-state index is 12.5. The summed E-state index contributed by atoms with van der Waals surface area (Å²) in [6, 6.07) is 15.5. The van der Waals surface area contributed by atoms with Gasteiger partial charge in [0.25, 0.3) is 5.91 Å². The number of nitrogens with one attached hydrogen (secondary N) is 1. The highest BCUT2D eigenvalue weighted by Gasteiger charge is 2.08. The summed E-state index contributed by atoms with van der Waals surface area (Å²) in [4.78, 5) is 18.7. The first-order valence-electron chi connectivity index (χ1n) is 9.19. The molecule has 0 saturated carbocycles. The van der Waals surface area contributed by atoms with E-state index < -0.39 is 0 Å². The standard InChI is InChI=1S/C21H25N5O/c1-3-4-12-25(2)20-10-8-18(9-11-20)21(27)24-19-7-5-6-17(13-19)14-26-16-22-15-23-26/h5-11,13,15-16H,3-4,12,14H2,1-2H3,(H,24,27). The summed E-state index contributed by atoms with van der Waals surface area (Å²) in [6.07, 6.45) is 5.50. The number of amides is 1. The van der Waals surface area contributed by atoms with E-state index in [9.17, 15) is 4.79 Å². The van der Waals surface area contributed by atoms with E-state index in [1.807, 2.05) is 48.5 Å². The summed E-state index contributed by atoms with van der Waals surface area (Å²) in [6.45, 7) is 3.81. The Morgan fingerprint density at radius 2 is 2.00 bits per heavy atom. The number of benzene rings is 2. The molecule has 1 aromatic heterocycles. The number of hydrogen-bond donors (Lipinski definition) is 1. The van der Waals surface area contributed by atoms with Crippen LogP contribution in [-0.4, -0.2) is 34.3 Å². The fourth-order valence-corrected chi connectivity index (χ4v) is 2.84. The Morgan fingerprint density at radius 1 is 1.19 bits per heavy atom. The Balaban J connectivity index is 1.63. The largest absolute Gasteiger partial charge is 0.375 e. The molecule has 2 aromatic carbocycles. The van der Waals surface area contributed by atoms with Gasteiger partial charge < -0.3 is 10.2 Å². The van der Waals surface area contributed by atoms with E-state index in [4.69, 9.17) is 0 Å². The van der Waals surface area contributed by atoms with Crippen LogP contribution in [0.15, 0.2) is 61.2 Å². The summed E-state index contributed by atoms with van der Waals surface area (Å²) in [5.74, 6) is -0.115. The van der Waals surface area contributed by atoms with Crippen molar-refractivity contribution in [3.8, 4) is 0 Å². The average molecular weight is 363 g/mol. The minimum Gasteiger partial charge on any atom is -0.375 e. The Labute approximate surface area is 159 Å². The van der Waals surface area contributed by atoms with Crippen LogP contribution in [0.1, 0.15) is 35.7 Å². The zero-order valence-corrected chi connectivity index (χ0v) is 15.8. The van der Waals surface area contributed by atoms with E-state index in [0.717, 1.165) is 29.9 Å². The van der Waals surface area contributed by atoms with Gasteiger partial charge in [0.2, 0.25) is 0 Å². The zero-order valence-electron chi connectivity index (χ0n) is 15.8. The lowest BCUT2D eigenvalue weighted by Crippen LogP contribution is -2.18. The average Bonchev–Trinajstić information content (AvgIpc) is 3.19. The Hall–Kier alpha value is -3.15. The van der Waals surface area contributed by atoms with Crippen molar-refractivity contribution in [3.63, 3.8) is 0 Å². The van der Waals surface area contributed by atoms with Crippen molar-refractivity contribution in [2.45, 2.75) is 26.3 Å². The van der Waals surface area contributed by atoms with Crippen molar-refractivity contribution in [2.24, 2.45) is 0 Å². The minimum absolute atomic E-state index is 0.115. The maximum absolute atomic E-state index is 12.5. The first-order valence-corrected chi connectivity index (χ1v) is 9.19. The van der Waals surface area contributed by atoms with Gasteiger partial charge in [0, 0.05) is 30.5 Å². The Morgan fingerprint density at radius 3 is 2.70 bits per heavy atom. The molecule has 0 aliphatic carbocycles. The van der Waals surface area contributed by atoms with Crippen molar-refractivity contribution in [3.05, 3.63) is 72.3 Å². The number of unbranched alkanes of at least 4 members (excludes halogenated alkanes) is 1. The predicted molar refractivity (Wildman–Crippen MR) is 108 cm³/mol. The molecular formula is C21H25N5O. The third-order valence-corrected chi connectivity index (χ3v) is 4.41. The number of carbonyl (C=O) groups is 1. The minimum atomic E-state index is -0.115. The first-order chi connectivity index (χ1) is 13.2. The normalized spacial score (nSPS) is 10.6. The van der Waals surface area contributed by atoms with Gasteiger partial charge in [-0.1, -0.05) is 25.5 Å². The summed E-state index contributed by atoms with van der Waals surface area (Å²) >= 11 is 0. The van der Waals surface area contributed by atoms with E-state index in [-0.39, 0.29) is 5.91 Å². The van der Waals surface area contributed by atoms with Crippen molar-refractivity contribution < 1.29 is 4.79 Å². The molecule has 0 fully saturated rings. The molecule has 0 aliphatic heterocycles. The van der Waals surface area contributed by atoms with E-state index >= 15 is 0 Å². The van der Waals surface area contributed by atoms with Gasteiger partial charge in [-0.25, -0.2) is 9.67 Å². The van der Waals surface area contributed by atoms with Crippen LogP contribution in [0.2, 0.25) is 0 Å². The second-order valence-electron chi connectivity index (χ2n) is 6.57. The van der Waals surface area contributed by atoms with E-state index in [2.05, 4.69) is 34.3 Å². The molecule has 0 aliphatic rings. The SMILES string of the molecule is CCCCN(C)c1ccc(C(=O)Nc2cccc(Cn3cncn3)c2)cc1. The van der Waals surface area contributed by atoms with Gasteiger partial charge in [-0.3, -0.25) is 4.79 Å². The topological polar surface area (TPSA) is 63.1 Å². The lowest BCUT2D eigenvalue weighted by molar-refractivity contribution is 0.102. The van der Waals surface area contributed by atoms with Crippen LogP contribution in [0, 0.1) is 0 Å². The van der Waals surface area contributed by atoms with Crippen molar-refractivity contribution >= 4 is 17.3 Å². The number of aromatic nitrogens is 3. The first kappa shape index (κ1) is 18.6. The molecule has 27 heavy (non-hydrogen) atoms. The third-order valence-electron chi connectivity index (χ3n) is 4.41. The van der Waals surface area contributed by atoms with Gasteiger partial charge in [-0.15, -0.1) is 0 Å². The molecular weight excluding hydrogens is 338 g/mol. The molecule has 0 radical (unpaired) electrons. The van der Waals surface area contributed by atoms with Crippen LogP contribution in [0.4, 0.5) is 11.4 Å². The summed E-state index contributed by atoms with van der Waals surface area (Å²) in [7, 11) is 2.07. The van der Waals surface area contributed by atoms with E-state index in [0.29, 0.717) is 12.1 Å². The highest BCUT2D eigenvalue weighted by molar-refractivity contribution is 6.04. The van der Waals surface area contributed by atoms with Crippen LogP contribution in [0.3, 0.4) is 0 Å². The van der Waals surface area contributed by atoms with Gasteiger partial charge in [0.05, 0.1) is 6.54 Å². The van der Waals surface area contributed by atoms with Gasteiger partial charge in [0.15, 0.2) is 0 Å². The number of anilines is 2. The summed E-state index contributed by atoms with van der Waals surface area (Å²) < 4.78 is 1.74. The molecule has 0 atom stereocenters. The second-order valence-corrected chi connectivity index (χ2v) is 6.57. The van der Waals surface area contributed by atoms with Crippen LogP contribution in [0.5, 0.6) is 0 Å². The Kier molecular flexibility index (Phi) is 6.20. The number of carbonyl (C=O) groups excluding carboxylic acids is 1. The van der Waals surface area contributed by atoms with Crippen LogP contribution in [0.25, 0.3) is 0 Å². The maximum Gasteiger partial charge on any atom is 0.255 e. The number of rotatable bonds is 8. The quantitative estimate of drug-likeness (QED) is 0.661. The van der Waals surface area contributed by atoms with Crippen molar-refractivity contribution in [1.82, 2.24) is 14.8 Å². The molecule has 0 bridgehead atoms. The molecule has 0 spiro atoms.